The molecule has 2 heterocycles. The molecule has 3 aromatic carbocycles. The molecule has 5 rings (SSSR count). The van der Waals surface area contributed by atoms with Gasteiger partial charge in [0.25, 0.3) is 0 Å². The average molecular weight is 434 g/mol. The number of rotatable bonds is 6. The molecule has 0 amide bonds. The fraction of sp³-hybridized carbons (Fsp3) is 0.0714. The lowest BCUT2D eigenvalue weighted by molar-refractivity contribution is 0.305. The van der Waals surface area contributed by atoms with E-state index in [1.165, 1.54) is 0 Å². The Morgan fingerprint density at radius 2 is 1.52 bits per heavy atom. The summed E-state index contributed by atoms with van der Waals surface area (Å²) in [6.45, 7) is 2.05. The summed E-state index contributed by atoms with van der Waals surface area (Å²) in [7, 11) is 0. The summed E-state index contributed by atoms with van der Waals surface area (Å²) in [5.74, 6) is 1.38. The number of pyridine rings is 2. The first-order valence-electron chi connectivity index (χ1n) is 10.8. The zero-order valence-electron chi connectivity index (χ0n) is 18.2. The van der Waals surface area contributed by atoms with Gasteiger partial charge in [0.1, 0.15) is 18.2 Å². The van der Waals surface area contributed by atoms with Crippen LogP contribution in [0.2, 0.25) is 0 Å². The van der Waals surface area contributed by atoms with Crippen molar-refractivity contribution in [3.05, 3.63) is 125 Å². The van der Waals surface area contributed by atoms with Gasteiger partial charge in [0.05, 0.1) is 16.5 Å². The van der Waals surface area contributed by atoms with Gasteiger partial charge in [-0.05, 0) is 49.4 Å². The highest BCUT2D eigenvalue weighted by Gasteiger charge is 2.20. The van der Waals surface area contributed by atoms with Gasteiger partial charge >= 0.3 is 0 Å². The summed E-state index contributed by atoms with van der Waals surface area (Å²) in [5, 5.41) is 4.04. The summed E-state index contributed by atoms with van der Waals surface area (Å²) in [6, 6.07) is 31.3. The number of benzene rings is 3. The zero-order chi connectivity index (χ0) is 22.6. The topological polar surface area (TPSA) is 56.1 Å². The van der Waals surface area contributed by atoms with Crippen molar-refractivity contribution in [1.82, 2.24) is 9.55 Å². The molecule has 0 aliphatic heterocycles. The molecule has 0 bridgehead atoms. The third kappa shape index (κ3) is 4.21. The Balaban J connectivity index is 1.77. The van der Waals surface area contributed by atoms with Crippen molar-refractivity contribution in [1.29, 1.82) is 0 Å². The average Bonchev–Trinajstić information content (AvgIpc) is 2.86. The molecule has 5 aromatic rings. The predicted molar refractivity (Wildman–Crippen MR) is 133 cm³/mol. The van der Waals surface area contributed by atoms with Gasteiger partial charge < -0.3 is 10.1 Å². The predicted octanol–water partition coefficient (Wildman–Crippen LogP) is 6.02. The van der Waals surface area contributed by atoms with Crippen LogP contribution in [-0.4, -0.2) is 9.55 Å². The van der Waals surface area contributed by atoms with Crippen molar-refractivity contribution in [2.45, 2.75) is 13.5 Å². The summed E-state index contributed by atoms with van der Waals surface area (Å²) in [4.78, 5) is 18.1. The number of fused-ring (bicyclic) bond motifs is 1. The molecule has 0 unspecified atom stereocenters. The van der Waals surface area contributed by atoms with Crippen LogP contribution in [0.1, 0.15) is 11.3 Å². The SMILES string of the molecule is Cc1cc2c(cn1)c(=O)c(COc1ccccc1)c(Nc1ccccc1)n2-c1ccccc1. The van der Waals surface area contributed by atoms with Crippen molar-refractivity contribution in [3.8, 4) is 11.4 Å². The Bertz CT molecular complexity index is 1450. The van der Waals surface area contributed by atoms with E-state index in [1.807, 2.05) is 104 Å². The normalized spacial score (nSPS) is 10.8. The monoisotopic (exact) mass is 433 g/mol. The summed E-state index contributed by atoms with van der Waals surface area (Å²) < 4.78 is 8.11. The second kappa shape index (κ2) is 9.01. The number of aryl methyl sites for hydroxylation is 1. The maximum absolute atomic E-state index is 13.7. The second-order valence-electron chi connectivity index (χ2n) is 7.76. The van der Waals surface area contributed by atoms with E-state index in [9.17, 15) is 4.79 Å². The van der Waals surface area contributed by atoms with Gasteiger partial charge in [0.2, 0.25) is 0 Å². The van der Waals surface area contributed by atoms with E-state index >= 15 is 0 Å². The van der Waals surface area contributed by atoms with Crippen molar-refractivity contribution < 1.29 is 4.74 Å². The molecule has 0 aliphatic rings. The molecule has 5 heteroatoms. The Morgan fingerprint density at radius 3 is 2.21 bits per heavy atom. The number of para-hydroxylation sites is 3. The molecule has 162 valence electrons. The lowest BCUT2D eigenvalue weighted by Gasteiger charge is -2.22. The highest BCUT2D eigenvalue weighted by Crippen LogP contribution is 2.29. The van der Waals surface area contributed by atoms with Gasteiger partial charge in [-0.15, -0.1) is 0 Å². The summed E-state index contributed by atoms with van der Waals surface area (Å²) >= 11 is 0. The van der Waals surface area contributed by atoms with Crippen LogP contribution < -0.4 is 15.5 Å². The highest BCUT2D eigenvalue weighted by atomic mass is 16.5. The molecule has 0 saturated carbocycles. The van der Waals surface area contributed by atoms with E-state index in [0.717, 1.165) is 22.6 Å². The number of nitrogens with zero attached hydrogens (tertiary/aromatic N) is 2. The molecule has 1 N–H and O–H groups in total. The highest BCUT2D eigenvalue weighted by molar-refractivity contribution is 5.85. The standard InChI is InChI=1S/C28H23N3O2/c1-20-17-26-24(18-29-20)27(32)25(19-33-23-15-9-4-10-16-23)28(30-21-11-5-2-6-12-21)31(26)22-13-7-3-8-14-22/h2-18,30H,19H2,1H3. The molecule has 0 atom stereocenters. The molecule has 33 heavy (non-hydrogen) atoms. The van der Waals surface area contributed by atoms with Crippen LogP contribution in [0.3, 0.4) is 0 Å². The largest absolute Gasteiger partial charge is 0.489 e. The number of anilines is 2. The first-order valence-corrected chi connectivity index (χ1v) is 10.8. The minimum Gasteiger partial charge on any atom is -0.489 e. The molecule has 0 fully saturated rings. The summed E-state index contributed by atoms with van der Waals surface area (Å²) in [5.41, 5.74) is 3.88. The lowest BCUT2D eigenvalue weighted by Crippen LogP contribution is -2.21. The van der Waals surface area contributed by atoms with Gasteiger partial charge in [0, 0.05) is 23.3 Å². The van der Waals surface area contributed by atoms with Crippen molar-refractivity contribution in [3.63, 3.8) is 0 Å². The van der Waals surface area contributed by atoms with E-state index in [-0.39, 0.29) is 12.0 Å². The third-order valence-corrected chi connectivity index (χ3v) is 5.47. The van der Waals surface area contributed by atoms with Gasteiger partial charge in [-0.3, -0.25) is 14.3 Å². The quantitative estimate of drug-likeness (QED) is 0.356. The van der Waals surface area contributed by atoms with Gasteiger partial charge in [-0.1, -0.05) is 54.6 Å². The molecular weight excluding hydrogens is 410 g/mol. The number of hydrogen-bond donors (Lipinski definition) is 1. The van der Waals surface area contributed by atoms with E-state index in [0.29, 0.717) is 22.5 Å². The first kappa shape index (κ1) is 20.5. The van der Waals surface area contributed by atoms with Crippen molar-refractivity contribution >= 4 is 22.4 Å². The molecule has 2 aromatic heterocycles. The Morgan fingerprint density at radius 1 is 0.879 bits per heavy atom. The Labute approximate surface area is 191 Å². The minimum absolute atomic E-state index is 0.0981. The third-order valence-electron chi connectivity index (χ3n) is 5.47. The van der Waals surface area contributed by atoms with Crippen molar-refractivity contribution in [2.75, 3.05) is 5.32 Å². The van der Waals surface area contributed by atoms with Crippen LogP contribution in [0.5, 0.6) is 5.75 Å². The fourth-order valence-corrected chi connectivity index (χ4v) is 3.87. The molecule has 0 aliphatic carbocycles. The maximum atomic E-state index is 13.7. The number of aromatic nitrogens is 2. The smallest absolute Gasteiger partial charge is 0.199 e. The Kier molecular flexibility index (Phi) is 5.60. The van der Waals surface area contributed by atoms with Crippen LogP contribution in [-0.2, 0) is 6.61 Å². The van der Waals surface area contributed by atoms with Gasteiger partial charge in [-0.2, -0.15) is 0 Å². The number of hydrogen-bond acceptors (Lipinski definition) is 4. The minimum atomic E-state index is -0.0981. The van der Waals surface area contributed by atoms with E-state index in [4.69, 9.17) is 4.74 Å². The molecule has 5 nitrogen and oxygen atoms in total. The van der Waals surface area contributed by atoms with E-state index < -0.39 is 0 Å². The Hall–Kier alpha value is -4.38. The molecule has 0 saturated heterocycles. The molecule has 0 spiro atoms. The number of nitrogens with one attached hydrogen (secondary N) is 1. The molecular formula is C28H23N3O2. The van der Waals surface area contributed by atoms with Crippen LogP contribution in [0.15, 0.2) is 108 Å². The second-order valence-corrected chi connectivity index (χ2v) is 7.76. The van der Waals surface area contributed by atoms with Gasteiger partial charge in [0.15, 0.2) is 5.43 Å². The number of ether oxygens (including phenoxy) is 1. The van der Waals surface area contributed by atoms with Crippen LogP contribution >= 0.6 is 0 Å². The van der Waals surface area contributed by atoms with Crippen LogP contribution in [0.4, 0.5) is 11.5 Å². The summed E-state index contributed by atoms with van der Waals surface area (Å²) in [6.07, 6.45) is 1.66. The van der Waals surface area contributed by atoms with E-state index in [2.05, 4.69) is 14.9 Å². The zero-order valence-corrected chi connectivity index (χ0v) is 18.2. The lowest BCUT2D eigenvalue weighted by atomic mass is 10.1. The first-order chi connectivity index (χ1) is 16.2. The van der Waals surface area contributed by atoms with Gasteiger partial charge in [-0.25, -0.2) is 0 Å². The molecule has 0 radical (unpaired) electrons. The van der Waals surface area contributed by atoms with Crippen LogP contribution in [0.25, 0.3) is 16.6 Å². The van der Waals surface area contributed by atoms with Crippen molar-refractivity contribution in [2.24, 2.45) is 0 Å². The maximum Gasteiger partial charge on any atom is 0.199 e. The van der Waals surface area contributed by atoms with Crippen LogP contribution in [0, 0.1) is 6.92 Å². The van der Waals surface area contributed by atoms with E-state index in [1.54, 1.807) is 6.20 Å². The fourth-order valence-electron chi connectivity index (χ4n) is 3.87.